The number of aliphatic hydroxyl groups is 1. The lowest BCUT2D eigenvalue weighted by atomic mass is 9.82. The fourth-order valence-corrected chi connectivity index (χ4v) is 2.66. The first kappa shape index (κ1) is 13.5. The van der Waals surface area contributed by atoms with Crippen molar-refractivity contribution in [2.45, 2.75) is 58.5 Å². The molecule has 0 radical (unpaired) electrons. The van der Waals surface area contributed by atoms with Crippen LogP contribution in [0.1, 0.15) is 52.4 Å². The third-order valence-electron chi connectivity index (χ3n) is 3.92. The zero-order valence-corrected chi connectivity index (χ0v) is 10.8. The highest BCUT2D eigenvalue weighted by Gasteiger charge is 2.40. The third kappa shape index (κ3) is 2.97. The first-order chi connectivity index (χ1) is 7.52. The molecule has 1 aliphatic rings. The first-order valence-corrected chi connectivity index (χ1v) is 6.45. The van der Waals surface area contributed by atoms with Gasteiger partial charge in [-0.25, -0.2) is 0 Å². The average molecular weight is 227 g/mol. The van der Waals surface area contributed by atoms with Gasteiger partial charge in [0.1, 0.15) is 0 Å². The molecular weight excluding hydrogens is 202 g/mol. The molecular formula is C13H25NO2. The van der Waals surface area contributed by atoms with Crippen molar-refractivity contribution in [1.82, 2.24) is 4.90 Å². The van der Waals surface area contributed by atoms with Gasteiger partial charge in [0.15, 0.2) is 0 Å². The van der Waals surface area contributed by atoms with Crippen LogP contribution in [0.4, 0.5) is 0 Å². The van der Waals surface area contributed by atoms with E-state index in [-0.39, 0.29) is 17.4 Å². The molecule has 1 rings (SSSR count). The van der Waals surface area contributed by atoms with Gasteiger partial charge in [-0.1, -0.05) is 19.8 Å². The summed E-state index contributed by atoms with van der Waals surface area (Å²) in [5, 5.41) is 9.23. The molecule has 0 bridgehead atoms. The lowest BCUT2D eigenvalue weighted by Gasteiger charge is -2.31. The van der Waals surface area contributed by atoms with Crippen molar-refractivity contribution in [1.29, 1.82) is 0 Å². The summed E-state index contributed by atoms with van der Waals surface area (Å²) in [6.07, 6.45) is 5.75. The Bertz CT molecular complexity index is 232. The van der Waals surface area contributed by atoms with Crippen molar-refractivity contribution in [3.63, 3.8) is 0 Å². The first-order valence-electron chi connectivity index (χ1n) is 6.45. The zero-order valence-electron chi connectivity index (χ0n) is 10.8. The van der Waals surface area contributed by atoms with Crippen LogP contribution >= 0.6 is 0 Å². The minimum Gasteiger partial charge on any atom is -0.393 e. The summed E-state index contributed by atoms with van der Waals surface area (Å²) < 4.78 is 0. The third-order valence-corrected chi connectivity index (χ3v) is 3.92. The maximum atomic E-state index is 12.4. The SMILES string of the molecule is CCC1(C(=O)N(C)CCC(C)O)CCCC1. The van der Waals surface area contributed by atoms with E-state index in [1.54, 1.807) is 6.92 Å². The van der Waals surface area contributed by atoms with Crippen molar-refractivity contribution in [2.75, 3.05) is 13.6 Å². The van der Waals surface area contributed by atoms with Gasteiger partial charge in [-0.15, -0.1) is 0 Å². The molecule has 1 fully saturated rings. The topological polar surface area (TPSA) is 40.5 Å². The highest BCUT2D eigenvalue weighted by molar-refractivity contribution is 5.82. The molecule has 0 saturated heterocycles. The van der Waals surface area contributed by atoms with Gasteiger partial charge < -0.3 is 10.0 Å². The number of rotatable bonds is 5. The number of nitrogens with zero attached hydrogens (tertiary/aromatic N) is 1. The molecule has 3 nitrogen and oxygen atoms in total. The molecule has 3 heteroatoms. The van der Waals surface area contributed by atoms with Crippen LogP contribution in [-0.4, -0.2) is 35.6 Å². The normalized spacial score (nSPS) is 20.8. The van der Waals surface area contributed by atoms with Crippen LogP contribution < -0.4 is 0 Å². The molecule has 1 amide bonds. The predicted molar refractivity (Wildman–Crippen MR) is 65.1 cm³/mol. The standard InChI is InChI=1S/C13H25NO2/c1-4-13(8-5-6-9-13)12(16)14(3)10-7-11(2)15/h11,15H,4-10H2,1-3H3. The molecule has 0 aromatic heterocycles. The Balaban J connectivity index is 2.54. The Hall–Kier alpha value is -0.570. The number of hydrogen-bond acceptors (Lipinski definition) is 2. The number of aliphatic hydroxyl groups excluding tert-OH is 1. The molecule has 0 aliphatic heterocycles. The minimum absolute atomic E-state index is 0.0898. The summed E-state index contributed by atoms with van der Waals surface area (Å²) >= 11 is 0. The van der Waals surface area contributed by atoms with Gasteiger partial charge in [-0.2, -0.15) is 0 Å². The predicted octanol–water partition coefficient (Wildman–Crippen LogP) is 2.19. The molecule has 1 atom stereocenters. The van der Waals surface area contributed by atoms with Gasteiger partial charge in [0, 0.05) is 19.0 Å². The summed E-state index contributed by atoms with van der Waals surface area (Å²) in [5.74, 6) is 0.285. The smallest absolute Gasteiger partial charge is 0.228 e. The van der Waals surface area contributed by atoms with E-state index >= 15 is 0 Å². The minimum atomic E-state index is -0.323. The Morgan fingerprint density at radius 1 is 1.44 bits per heavy atom. The molecule has 1 unspecified atom stereocenters. The summed E-state index contributed by atoms with van der Waals surface area (Å²) in [6.45, 7) is 4.55. The number of carbonyl (C=O) groups excluding carboxylic acids is 1. The lowest BCUT2D eigenvalue weighted by Crippen LogP contribution is -2.41. The van der Waals surface area contributed by atoms with Gasteiger partial charge in [0.25, 0.3) is 0 Å². The van der Waals surface area contributed by atoms with Crippen molar-refractivity contribution >= 4 is 5.91 Å². The molecule has 1 saturated carbocycles. The van der Waals surface area contributed by atoms with E-state index in [2.05, 4.69) is 6.92 Å². The van der Waals surface area contributed by atoms with Gasteiger partial charge in [0.2, 0.25) is 5.91 Å². The van der Waals surface area contributed by atoms with Crippen molar-refractivity contribution in [3.05, 3.63) is 0 Å². The van der Waals surface area contributed by atoms with Crippen LogP contribution in [-0.2, 0) is 4.79 Å². The maximum Gasteiger partial charge on any atom is 0.228 e. The van der Waals surface area contributed by atoms with E-state index in [9.17, 15) is 9.90 Å². The molecule has 0 spiro atoms. The van der Waals surface area contributed by atoms with Crippen LogP contribution in [0.5, 0.6) is 0 Å². The number of amides is 1. The zero-order chi connectivity index (χ0) is 12.2. The molecule has 0 aromatic rings. The molecule has 1 N–H and O–H groups in total. The Morgan fingerprint density at radius 2 is 2.00 bits per heavy atom. The van der Waals surface area contributed by atoms with Gasteiger partial charge in [-0.05, 0) is 32.6 Å². The molecule has 0 aromatic carbocycles. The van der Waals surface area contributed by atoms with Crippen LogP contribution in [0, 0.1) is 5.41 Å². The molecule has 0 heterocycles. The number of hydrogen-bond donors (Lipinski definition) is 1. The highest BCUT2D eigenvalue weighted by atomic mass is 16.3. The summed E-state index contributed by atoms with van der Waals surface area (Å²) in [6, 6.07) is 0. The van der Waals surface area contributed by atoms with Crippen LogP contribution in [0.3, 0.4) is 0 Å². The number of carbonyl (C=O) groups is 1. The monoisotopic (exact) mass is 227 g/mol. The summed E-state index contributed by atoms with van der Waals surface area (Å²) in [4.78, 5) is 14.2. The molecule has 94 valence electrons. The Kier molecular flexibility index (Phi) is 4.78. The molecule has 1 aliphatic carbocycles. The van der Waals surface area contributed by atoms with E-state index in [1.165, 1.54) is 12.8 Å². The Morgan fingerprint density at radius 3 is 2.44 bits per heavy atom. The van der Waals surface area contributed by atoms with E-state index in [0.29, 0.717) is 13.0 Å². The average Bonchev–Trinajstić information content (AvgIpc) is 2.74. The van der Waals surface area contributed by atoms with E-state index in [0.717, 1.165) is 19.3 Å². The summed E-state index contributed by atoms with van der Waals surface area (Å²) in [7, 11) is 1.86. The summed E-state index contributed by atoms with van der Waals surface area (Å²) in [5.41, 5.74) is -0.0898. The largest absolute Gasteiger partial charge is 0.393 e. The van der Waals surface area contributed by atoms with E-state index in [4.69, 9.17) is 0 Å². The van der Waals surface area contributed by atoms with Crippen LogP contribution in [0.25, 0.3) is 0 Å². The second kappa shape index (κ2) is 5.67. The molecule has 16 heavy (non-hydrogen) atoms. The lowest BCUT2D eigenvalue weighted by molar-refractivity contribution is -0.141. The van der Waals surface area contributed by atoms with E-state index < -0.39 is 0 Å². The van der Waals surface area contributed by atoms with Crippen molar-refractivity contribution < 1.29 is 9.90 Å². The highest BCUT2D eigenvalue weighted by Crippen LogP contribution is 2.42. The van der Waals surface area contributed by atoms with E-state index in [1.807, 2.05) is 11.9 Å². The second-order valence-electron chi connectivity index (χ2n) is 5.21. The van der Waals surface area contributed by atoms with Crippen LogP contribution in [0.2, 0.25) is 0 Å². The maximum absolute atomic E-state index is 12.4. The van der Waals surface area contributed by atoms with Gasteiger partial charge >= 0.3 is 0 Å². The fraction of sp³-hybridized carbons (Fsp3) is 0.923. The van der Waals surface area contributed by atoms with Crippen LogP contribution in [0.15, 0.2) is 0 Å². The van der Waals surface area contributed by atoms with Crippen molar-refractivity contribution in [3.8, 4) is 0 Å². The second-order valence-corrected chi connectivity index (χ2v) is 5.21. The fourth-order valence-electron chi connectivity index (χ4n) is 2.66. The van der Waals surface area contributed by atoms with Gasteiger partial charge in [0.05, 0.1) is 6.10 Å². The van der Waals surface area contributed by atoms with Crippen molar-refractivity contribution in [2.24, 2.45) is 5.41 Å². The van der Waals surface area contributed by atoms with Gasteiger partial charge in [-0.3, -0.25) is 4.79 Å². The quantitative estimate of drug-likeness (QED) is 0.782. The Labute approximate surface area is 98.8 Å².